The van der Waals surface area contributed by atoms with Crippen molar-refractivity contribution in [2.24, 2.45) is 11.8 Å². The monoisotopic (exact) mass is 552 g/mol. The largest absolute Gasteiger partial charge is 0.473 e. The van der Waals surface area contributed by atoms with Gasteiger partial charge < -0.3 is 14.0 Å². The molecule has 0 saturated heterocycles. The molecule has 9 heteroatoms. The molecule has 6 rings (SSSR count). The van der Waals surface area contributed by atoms with E-state index in [-0.39, 0.29) is 48.0 Å². The maximum Gasteiger partial charge on any atom is 0.416 e. The van der Waals surface area contributed by atoms with Crippen molar-refractivity contribution >= 4 is 16.9 Å². The summed E-state index contributed by atoms with van der Waals surface area (Å²) in [6.45, 7) is 5.46. The van der Waals surface area contributed by atoms with Gasteiger partial charge in [0.1, 0.15) is 18.0 Å². The average Bonchev–Trinajstić information content (AvgIpc) is 3.26. The fraction of sp³-hybridized carbons (Fsp3) is 0.355. The molecule has 1 saturated carbocycles. The summed E-state index contributed by atoms with van der Waals surface area (Å²) in [5.41, 5.74) is 1.87. The lowest BCUT2D eigenvalue weighted by Crippen LogP contribution is -2.26. The Morgan fingerprint density at radius 2 is 1.85 bits per heavy atom. The highest BCUT2D eigenvalue weighted by Gasteiger charge is 2.60. The average molecular weight is 553 g/mol. The van der Waals surface area contributed by atoms with Crippen LogP contribution in [0, 0.1) is 17.7 Å². The zero-order valence-electron chi connectivity index (χ0n) is 22.3. The Morgan fingerprint density at radius 1 is 1.07 bits per heavy atom. The number of benzene rings is 2. The third-order valence-electron chi connectivity index (χ3n) is 7.64. The molecule has 40 heavy (non-hydrogen) atoms. The quantitative estimate of drug-likeness (QED) is 0.190. The van der Waals surface area contributed by atoms with Crippen LogP contribution in [0.3, 0.4) is 0 Å². The molecule has 2 aromatic heterocycles. The van der Waals surface area contributed by atoms with E-state index in [0.717, 1.165) is 23.6 Å². The molecule has 5 nitrogen and oxygen atoms in total. The van der Waals surface area contributed by atoms with Crippen LogP contribution in [0.1, 0.15) is 54.5 Å². The van der Waals surface area contributed by atoms with E-state index >= 15 is 0 Å². The third-order valence-corrected chi connectivity index (χ3v) is 7.64. The van der Waals surface area contributed by atoms with Crippen LogP contribution in [0.2, 0.25) is 0 Å². The van der Waals surface area contributed by atoms with E-state index in [1.807, 2.05) is 26.8 Å². The van der Waals surface area contributed by atoms with Gasteiger partial charge in [0.15, 0.2) is 0 Å². The first-order valence-corrected chi connectivity index (χ1v) is 13.2. The van der Waals surface area contributed by atoms with Gasteiger partial charge in [0, 0.05) is 47.4 Å². The summed E-state index contributed by atoms with van der Waals surface area (Å²) in [4.78, 5) is 16.9. The predicted molar refractivity (Wildman–Crippen MR) is 140 cm³/mol. The Hall–Kier alpha value is -3.88. The zero-order valence-corrected chi connectivity index (χ0v) is 22.3. The van der Waals surface area contributed by atoms with Gasteiger partial charge in [-0.25, -0.2) is 9.37 Å². The SMILES string of the molecule is CC(C)(C)OC(=O)[C@H]1[C@@H]2Cc3cc(OCc4cc5c(ccn5Cc5ccccc5C(F)(F)F)cc4F)ncc3[C@@H]21. The zero-order chi connectivity index (χ0) is 28.4. The fourth-order valence-electron chi connectivity index (χ4n) is 5.81. The van der Waals surface area contributed by atoms with Crippen LogP contribution in [-0.2, 0) is 35.3 Å². The first kappa shape index (κ1) is 26.3. The van der Waals surface area contributed by atoms with E-state index < -0.39 is 23.2 Å². The minimum absolute atomic E-state index is 0.00981. The van der Waals surface area contributed by atoms with Gasteiger partial charge >= 0.3 is 12.1 Å². The molecule has 2 aromatic carbocycles. The predicted octanol–water partition coefficient (Wildman–Crippen LogP) is 7.05. The molecule has 0 N–H and O–H groups in total. The number of hydrogen-bond acceptors (Lipinski definition) is 4. The molecule has 0 unspecified atom stereocenters. The summed E-state index contributed by atoms with van der Waals surface area (Å²) in [6.07, 6.45) is -0.358. The van der Waals surface area contributed by atoms with Crippen molar-refractivity contribution in [3.05, 3.63) is 94.6 Å². The summed E-state index contributed by atoms with van der Waals surface area (Å²) in [5, 5.41) is 0.583. The molecule has 2 aliphatic rings. The maximum atomic E-state index is 14.9. The number of alkyl halides is 3. The summed E-state index contributed by atoms with van der Waals surface area (Å²) in [6, 6.07) is 11.9. The second-order valence-corrected chi connectivity index (χ2v) is 11.6. The lowest BCUT2D eigenvalue weighted by atomic mass is 10.0. The normalized spacial score (nSPS) is 19.8. The van der Waals surface area contributed by atoms with Crippen LogP contribution >= 0.6 is 0 Å². The Bertz CT molecular complexity index is 1620. The van der Waals surface area contributed by atoms with Crippen LogP contribution in [0.25, 0.3) is 10.9 Å². The number of carbonyl (C=O) groups excluding carboxylic acids is 1. The van der Waals surface area contributed by atoms with Crippen molar-refractivity contribution in [2.45, 2.75) is 58.0 Å². The van der Waals surface area contributed by atoms with E-state index in [9.17, 15) is 22.4 Å². The number of ether oxygens (including phenoxy) is 2. The van der Waals surface area contributed by atoms with E-state index in [2.05, 4.69) is 4.98 Å². The van der Waals surface area contributed by atoms with Gasteiger partial charge in [0.2, 0.25) is 5.88 Å². The third kappa shape index (κ3) is 4.93. The molecule has 4 aromatic rings. The van der Waals surface area contributed by atoms with Crippen molar-refractivity contribution in [1.29, 1.82) is 0 Å². The van der Waals surface area contributed by atoms with Crippen molar-refractivity contribution < 1.29 is 31.8 Å². The fourth-order valence-corrected chi connectivity index (χ4v) is 5.81. The standard InChI is InChI=1S/C31H28F4N2O3/c1-30(2,3)40-29(38)28-21-10-19-13-26(36-14-22(19)27(21)28)39-16-20-12-25-17(11-24(20)32)8-9-37(25)15-18-6-4-5-7-23(18)31(33,34)35/h4-9,11-14,21,27-28H,10,15-16H2,1-3H3/t21-,27-,28+/m1/s1. The van der Waals surface area contributed by atoms with E-state index in [4.69, 9.17) is 9.47 Å². The smallest absolute Gasteiger partial charge is 0.416 e. The molecule has 2 aliphatic carbocycles. The Labute approximate surface area is 228 Å². The molecule has 0 aliphatic heterocycles. The lowest BCUT2D eigenvalue weighted by molar-refractivity contribution is -0.157. The Balaban J connectivity index is 1.17. The topological polar surface area (TPSA) is 53.4 Å². The van der Waals surface area contributed by atoms with Crippen LogP contribution in [0.15, 0.2) is 60.9 Å². The Kier molecular flexibility index (Phi) is 6.16. The number of rotatable bonds is 6. The van der Waals surface area contributed by atoms with E-state index in [0.29, 0.717) is 16.8 Å². The van der Waals surface area contributed by atoms with E-state index in [1.54, 1.807) is 35.2 Å². The number of esters is 1. The second kappa shape index (κ2) is 9.35. The number of pyridine rings is 1. The minimum Gasteiger partial charge on any atom is -0.473 e. The molecule has 0 radical (unpaired) electrons. The van der Waals surface area contributed by atoms with Crippen LogP contribution in [-0.4, -0.2) is 21.1 Å². The van der Waals surface area contributed by atoms with Gasteiger partial charge in [0.25, 0.3) is 0 Å². The van der Waals surface area contributed by atoms with Gasteiger partial charge in [-0.3, -0.25) is 4.79 Å². The van der Waals surface area contributed by atoms with E-state index in [1.165, 1.54) is 18.2 Å². The molecule has 0 amide bonds. The van der Waals surface area contributed by atoms with Gasteiger partial charge in [-0.2, -0.15) is 13.2 Å². The summed E-state index contributed by atoms with van der Waals surface area (Å²) in [7, 11) is 0. The summed E-state index contributed by atoms with van der Waals surface area (Å²) >= 11 is 0. The van der Waals surface area contributed by atoms with Gasteiger partial charge in [-0.05, 0) is 74.1 Å². The second-order valence-electron chi connectivity index (χ2n) is 11.6. The Morgan fingerprint density at radius 3 is 2.60 bits per heavy atom. The molecule has 0 spiro atoms. The molecule has 0 bridgehead atoms. The number of carbonyl (C=O) groups is 1. The number of nitrogens with zero attached hydrogens (tertiary/aromatic N) is 2. The molecule has 3 atom stereocenters. The first-order valence-electron chi connectivity index (χ1n) is 13.2. The molecule has 208 valence electrons. The van der Waals surface area contributed by atoms with Gasteiger partial charge in [-0.1, -0.05) is 18.2 Å². The van der Waals surface area contributed by atoms with Crippen LogP contribution in [0.5, 0.6) is 5.88 Å². The van der Waals surface area contributed by atoms with Crippen molar-refractivity contribution in [3.63, 3.8) is 0 Å². The highest BCUT2D eigenvalue weighted by molar-refractivity contribution is 5.81. The molecular formula is C31H28F4N2O3. The van der Waals surface area contributed by atoms with Crippen LogP contribution in [0.4, 0.5) is 17.6 Å². The van der Waals surface area contributed by atoms with Gasteiger partial charge in [-0.15, -0.1) is 0 Å². The van der Waals surface area contributed by atoms with Crippen LogP contribution < -0.4 is 4.74 Å². The number of hydrogen-bond donors (Lipinski definition) is 0. The highest BCUT2D eigenvalue weighted by Crippen LogP contribution is 2.62. The van der Waals surface area contributed by atoms with Crippen molar-refractivity contribution in [2.75, 3.05) is 0 Å². The summed E-state index contributed by atoms with van der Waals surface area (Å²) in [5.74, 6) is -0.114. The molecule has 2 heterocycles. The molecule has 1 fully saturated rings. The van der Waals surface area contributed by atoms with Crippen molar-refractivity contribution in [3.8, 4) is 5.88 Å². The molecular weight excluding hydrogens is 524 g/mol. The number of aromatic nitrogens is 2. The van der Waals surface area contributed by atoms with Crippen molar-refractivity contribution in [1.82, 2.24) is 9.55 Å². The lowest BCUT2D eigenvalue weighted by Gasteiger charge is -2.20. The summed E-state index contributed by atoms with van der Waals surface area (Å²) < 4.78 is 68.4. The minimum atomic E-state index is -4.47. The van der Waals surface area contributed by atoms with Gasteiger partial charge in [0.05, 0.1) is 11.5 Å². The maximum absolute atomic E-state index is 14.9. The number of halogens is 4. The first-order chi connectivity index (χ1) is 18.9. The highest BCUT2D eigenvalue weighted by atomic mass is 19.4. The number of fused-ring (bicyclic) bond motifs is 4.